The second-order valence-corrected chi connectivity index (χ2v) is 7.89. The number of hydrogen-bond acceptors (Lipinski definition) is 7. The van der Waals surface area contributed by atoms with Crippen LogP contribution in [0.15, 0.2) is 0 Å². The molecule has 0 aromatic carbocycles. The fourth-order valence-electron chi connectivity index (χ4n) is 4.41. The van der Waals surface area contributed by atoms with E-state index in [0.29, 0.717) is 19.4 Å². The molecule has 7 heteroatoms. The zero-order chi connectivity index (χ0) is 20.4. The first-order valence-electron chi connectivity index (χ1n) is 10.7. The van der Waals surface area contributed by atoms with E-state index in [9.17, 15) is 14.7 Å². The van der Waals surface area contributed by atoms with Crippen LogP contribution in [0.2, 0.25) is 0 Å². The van der Waals surface area contributed by atoms with Crippen LogP contribution in [0.1, 0.15) is 71.1 Å². The number of carbonyl (C=O) groups excluding carboxylic acids is 2. The lowest BCUT2D eigenvalue weighted by atomic mass is 9.89. The molecule has 7 nitrogen and oxygen atoms in total. The van der Waals surface area contributed by atoms with Crippen molar-refractivity contribution in [1.82, 2.24) is 0 Å². The first-order chi connectivity index (χ1) is 13.5. The molecule has 2 aliphatic rings. The topological polar surface area (TPSA) is 91.3 Å². The monoisotopic (exact) mass is 400 g/mol. The summed E-state index contributed by atoms with van der Waals surface area (Å²) in [6, 6.07) is 0. The van der Waals surface area contributed by atoms with Crippen molar-refractivity contribution in [3.05, 3.63) is 0 Å². The molecule has 0 aromatic heterocycles. The number of unbranched alkanes of at least 4 members (excludes halogenated alkanes) is 3. The summed E-state index contributed by atoms with van der Waals surface area (Å²) < 4.78 is 22.1. The van der Waals surface area contributed by atoms with Crippen LogP contribution in [0.3, 0.4) is 0 Å². The second-order valence-electron chi connectivity index (χ2n) is 7.89. The fourth-order valence-corrected chi connectivity index (χ4v) is 4.41. The molecule has 1 N–H and O–H groups in total. The lowest BCUT2D eigenvalue weighted by molar-refractivity contribution is -0.198. The van der Waals surface area contributed by atoms with Crippen molar-refractivity contribution < 1.29 is 33.6 Å². The van der Waals surface area contributed by atoms with Gasteiger partial charge in [0.05, 0.1) is 13.2 Å². The lowest BCUT2D eigenvalue weighted by Gasteiger charge is -2.29. The molecule has 0 radical (unpaired) electrons. The summed E-state index contributed by atoms with van der Waals surface area (Å²) in [6.07, 6.45) is 8.09. The summed E-state index contributed by atoms with van der Waals surface area (Å²) in [5, 5.41) is 10.0. The Kier molecular flexibility index (Phi) is 10.2. The highest BCUT2D eigenvalue weighted by Crippen LogP contribution is 2.40. The maximum atomic E-state index is 11.6. The third-order valence-electron chi connectivity index (χ3n) is 5.86. The van der Waals surface area contributed by atoms with Gasteiger partial charge in [0.1, 0.15) is 6.10 Å². The van der Waals surface area contributed by atoms with Crippen molar-refractivity contribution in [3.8, 4) is 0 Å². The Morgan fingerprint density at radius 1 is 1.07 bits per heavy atom. The Hall–Kier alpha value is -1.18. The molecular formula is C21H36O7. The van der Waals surface area contributed by atoms with Gasteiger partial charge < -0.3 is 24.1 Å². The highest BCUT2D eigenvalue weighted by Gasteiger charge is 2.45. The van der Waals surface area contributed by atoms with E-state index >= 15 is 0 Å². The van der Waals surface area contributed by atoms with E-state index < -0.39 is 0 Å². The molecule has 28 heavy (non-hydrogen) atoms. The minimum absolute atomic E-state index is 0.0160. The number of hydrogen-bond donors (Lipinski definition) is 1. The number of carbonyl (C=O) groups is 2. The molecule has 2 rings (SSSR count). The smallest absolute Gasteiger partial charge is 0.305 e. The van der Waals surface area contributed by atoms with Gasteiger partial charge in [-0.25, -0.2) is 0 Å². The summed E-state index contributed by atoms with van der Waals surface area (Å²) in [4.78, 5) is 22.7. The van der Waals surface area contributed by atoms with Gasteiger partial charge in [0, 0.05) is 44.8 Å². The molecule has 0 spiro atoms. The van der Waals surface area contributed by atoms with Crippen molar-refractivity contribution in [2.45, 2.75) is 89.6 Å². The van der Waals surface area contributed by atoms with E-state index in [2.05, 4.69) is 4.74 Å². The van der Waals surface area contributed by atoms with Crippen LogP contribution in [0.25, 0.3) is 0 Å². The third kappa shape index (κ3) is 7.33. The number of aliphatic hydroxyl groups is 1. The minimum Gasteiger partial charge on any atom is -0.469 e. The molecule has 2 fully saturated rings. The quantitative estimate of drug-likeness (QED) is 0.421. The number of rotatable bonds is 11. The molecule has 0 bridgehead atoms. The van der Waals surface area contributed by atoms with Crippen LogP contribution in [-0.2, 0) is 28.5 Å². The highest BCUT2D eigenvalue weighted by atomic mass is 16.7. The van der Waals surface area contributed by atoms with Gasteiger partial charge in [-0.1, -0.05) is 19.3 Å². The van der Waals surface area contributed by atoms with E-state index in [1.165, 1.54) is 14.0 Å². The lowest BCUT2D eigenvalue weighted by Crippen LogP contribution is -2.33. The average Bonchev–Trinajstić information content (AvgIpc) is 3.00. The predicted octanol–water partition coefficient (Wildman–Crippen LogP) is 2.97. The normalized spacial score (nSPS) is 30.2. The maximum Gasteiger partial charge on any atom is 0.305 e. The van der Waals surface area contributed by atoms with Gasteiger partial charge in [-0.2, -0.15) is 0 Å². The van der Waals surface area contributed by atoms with Gasteiger partial charge >= 0.3 is 11.9 Å². The summed E-state index contributed by atoms with van der Waals surface area (Å²) in [5.74, 6) is -0.427. The summed E-state index contributed by atoms with van der Waals surface area (Å²) >= 11 is 0. The molecule has 1 heterocycles. The van der Waals surface area contributed by atoms with E-state index in [1.54, 1.807) is 0 Å². The largest absolute Gasteiger partial charge is 0.469 e. The van der Waals surface area contributed by atoms with Crippen LogP contribution in [0.5, 0.6) is 0 Å². The van der Waals surface area contributed by atoms with Gasteiger partial charge in [0.2, 0.25) is 0 Å². The number of aliphatic hydroxyl groups excluding tert-OH is 1. The van der Waals surface area contributed by atoms with Gasteiger partial charge in [0.15, 0.2) is 6.29 Å². The van der Waals surface area contributed by atoms with Crippen molar-refractivity contribution in [3.63, 3.8) is 0 Å². The summed E-state index contributed by atoms with van der Waals surface area (Å²) in [6.45, 7) is 2.15. The first-order valence-corrected chi connectivity index (χ1v) is 10.7. The zero-order valence-electron chi connectivity index (χ0n) is 17.3. The predicted molar refractivity (Wildman–Crippen MR) is 102 cm³/mol. The third-order valence-corrected chi connectivity index (χ3v) is 5.86. The molecule has 1 aliphatic carbocycles. The van der Waals surface area contributed by atoms with Crippen LogP contribution in [0, 0.1) is 11.8 Å². The standard InChI is InChI=1S/C21H36O7/c1-15(23)27-18-13-19(28-21-11-7-8-12-26-21)17(14-22)16(18)9-5-3-4-6-10-20(24)25-2/h16-19,21-22H,3-14H2,1-2H3/t16?,17-,18?,19?,21?/m1/s1. The number of esters is 2. The zero-order valence-corrected chi connectivity index (χ0v) is 17.3. The number of ether oxygens (including phenoxy) is 4. The van der Waals surface area contributed by atoms with E-state index in [1.807, 2.05) is 0 Å². The SMILES string of the molecule is COC(=O)CCCCCCC1C(OC(C)=O)CC(OC2CCCCO2)[C@@H]1CO. The van der Waals surface area contributed by atoms with E-state index in [0.717, 1.165) is 51.4 Å². The Bertz CT molecular complexity index is 475. The molecule has 1 aliphatic heterocycles. The molecular weight excluding hydrogens is 364 g/mol. The Morgan fingerprint density at radius 2 is 1.86 bits per heavy atom. The van der Waals surface area contributed by atoms with Crippen molar-refractivity contribution in [2.75, 3.05) is 20.3 Å². The fraction of sp³-hybridized carbons (Fsp3) is 0.905. The van der Waals surface area contributed by atoms with Crippen LogP contribution < -0.4 is 0 Å². The van der Waals surface area contributed by atoms with Gasteiger partial charge in [-0.05, 0) is 32.1 Å². The van der Waals surface area contributed by atoms with Gasteiger partial charge in [0.25, 0.3) is 0 Å². The average molecular weight is 401 g/mol. The summed E-state index contributed by atoms with van der Waals surface area (Å²) in [5.41, 5.74) is 0. The van der Waals surface area contributed by atoms with Crippen molar-refractivity contribution in [1.29, 1.82) is 0 Å². The Morgan fingerprint density at radius 3 is 2.50 bits per heavy atom. The summed E-state index contributed by atoms with van der Waals surface area (Å²) in [7, 11) is 1.41. The van der Waals surface area contributed by atoms with Crippen LogP contribution >= 0.6 is 0 Å². The second kappa shape index (κ2) is 12.4. The van der Waals surface area contributed by atoms with Crippen LogP contribution in [0.4, 0.5) is 0 Å². The molecule has 162 valence electrons. The Labute approximate surface area is 168 Å². The molecule has 1 saturated carbocycles. The van der Waals surface area contributed by atoms with E-state index in [4.69, 9.17) is 14.2 Å². The van der Waals surface area contributed by atoms with Crippen molar-refractivity contribution >= 4 is 11.9 Å². The van der Waals surface area contributed by atoms with E-state index in [-0.39, 0.29) is 48.9 Å². The molecule has 5 atom stereocenters. The Balaban J connectivity index is 1.84. The van der Waals surface area contributed by atoms with Crippen molar-refractivity contribution in [2.24, 2.45) is 11.8 Å². The molecule has 0 aromatic rings. The highest BCUT2D eigenvalue weighted by molar-refractivity contribution is 5.69. The van der Waals surface area contributed by atoms with Crippen LogP contribution in [-0.4, -0.2) is 55.9 Å². The maximum absolute atomic E-state index is 11.6. The minimum atomic E-state index is -0.292. The molecule has 1 saturated heterocycles. The molecule has 0 amide bonds. The first kappa shape index (κ1) is 23.1. The molecule has 4 unspecified atom stereocenters. The van der Waals surface area contributed by atoms with Gasteiger partial charge in [-0.3, -0.25) is 9.59 Å². The van der Waals surface area contributed by atoms with Gasteiger partial charge in [-0.15, -0.1) is 0 Å². The number of methoxy groups -OCH3 is 1.